The highest BCUT2D eigenvalue weighted by Gasteiger charge is 2.48. The number of amides is 1. The molecule has 1 saturated heterocycles. The number of ether oxygens (including phenoxy) is 1. The maximum Gasteiger partial charge on any atom is 0.249 e. The second-order valence-electron chi connectivity index (χ2n) is 6.09. The van der Waals surface area contributed by atoms with Crippen LogP contribution in [0.5, 0.6) is 0 Å². The van der Waals surface area contributed by atoms with Crippen molar-refractivity contribution < 1.29 is 14.3 Å². The zero-order chi connectivity index (χ0) is 16.2. The Morgan fingerprint density at radius 3 is 1.82 bits per heavy atom. The molecule has 1 aliphatic heterocycles. The van der Waals surface area contributed by atoms with Crippen molar-refractivity contribution in [3.05, 3.63) is 0 Å². The van der Waals surface area contributed by atoms with Crippen LogP contribution in [0.4, 0.5) is 0 Å². The monoisotopic (exact) mass is 307 g/mol. The van der Waals surface area contributed by atoms with Crippen molar-refractivity contribution in [2.45, 2.75) is 89.3 Å². The van der Waals surface area contributed by atoms with Crippen molar-refractivity contribution in [3.8, 4) is 12.3 Å². The highest BCUT2D eigenvalue weighted by atomic mass is 16.6. The maximum absolute atomic E-state index is 11.7. The van der Waals surface area contributed by atoms with Gasteiger partial charge in [-0.25, -0.2) is 0 Å². The summed E-state index contributed by atoms with van der Waals surface area (Å²) in [5.41, 5.74) is 5.07. The summed E-state index contributed by atoms with van der Waals surface area (Å²) in [6, 6.07) is 0. The fourth-order valence-electron chi connectivity index (χ4n) is 2.66. The number of primary amides is 1. The summed E-state index contributed by atoms with van der Waals surface area (Å²) in [4.78, 5) is 22.4. The molecule has 0 spiro atoms. The van der Waals surface area contributed by atoms with Gasteiger partial charge in [0, 0.05) is 12.8 Å². The van der Waals surface area contributed by atoms with Gasteiger partial charge in [0.1, 0.15) is 0 Å². The van der Waals surface area contributed by atoms with Crippen LogP contribution in [0.2, 0.25) is 0 Å². The third kappa shape index (κ3) is 8.19. The van der Waals surface area contributed by atoms with Crippen LogP contribution in [0.15, 0.2) is 0 Å². The Balaban J connectivity index is 1.80. The number of epoxide rings is 1. The van der Waals surface area contributed by atoms with E-state index in [9.17, 15) is 9.59 Å². The maximum atomic E-state index is 11.7. The van der Waals surface area contributed by atoms with Crippen LogP contribution >= 0.6 is 0 Å². The first-order chi connectivity index (χ1) is 10.7. The molecule has 0 saturated carbocycles. The van der Waals surface area contributed by atoms with Gasteiger partial charge in [-0.1, -0.05) is 51.4 Å². The molecule has 1 rings (SSSR count). The molecule has 124 valence electrons. The summed E-state index contributed by atoms with van der Waals surface area (Å²) >= 11 is 0. The number of rotatable bonds is 14. The lowest BCUT2D eigenvalue weighted by Crippen LogP contribution is -2.22. The number of unbranched alkanes of at least 4 members (excludes halogenated alkanes) is 10. The molecular formula is C18H29NO3. The molecule has 0 aromatic carbocycles. The largest absolute Gasteiger partial charge is 0.367 e. The SMILES string of the molecule is C#CCCCCCCCCCCCCC(=O)[C@H]1O[C@H]1C(N)=O. The van der Waals surface area contributed by atoms with Gasteiger partial charge in [0.15, 0.2) is 18.0 Å². The Bertz CT molecular complexity index is 386. The number of hydrogen-bond acceptors (Lipinski definition) is 3. The summed E-state index contributed by atoms with van der Waals surface area (Å²) in [5.74, 6) is 2.16. The van der Waals surface area contributed by atoms with Gasteiger partial charge in [-0.2, -0.15) is 0 Å². The van der Waals surface area contributed by atoms with E-state index in [0.717, 1.165) is 25.7 Å². The minimum atomic E-state index is -0.659. The molecule has 22 heavy (non-hydrogen) atoms. The first-order valence-corrected chi connectivity index (χ1v) is 8.57. The van der Waals surface area contributed by atoms with E-state index in [1.807, 2.05) is 0 Å². The van der Waals surface area contributed by atoms with Crippen molar-refractivity contribution >= 4 is 11.7 Å². The minimum Gasteiger partial charge on any atom is -0.367 e. The molecule has 4 nitrogen and oxygen atoms in total. The number of nitrogens with two attached hydrogens (primary N) is 1. The predicted octanol–water partition coefficient (Wildman–Crippen LogP) is 3.12. The van der Waals surface area contributed by atoms with Crippen molar-refractivity contribution in [2.75, 3.05) is 0 Å². The lowest BCUT2D eigenvalue weighted by molar-refractivity contribution is -0.121. The number of Topliss-reactive ketones (excluding diaryl/α,β-unsaturated/α-hetero) is 1. The Kier molecular flexibility index (Phi) is 9.57. The number of carbonyl (C=O) groups is 2. The normalized spacial score (nSPS) is 19.6. The molecule has 2 atom stereocenters. The molecule has 2 N–H and O–H groups in total. The number of ketones is 1. The summed E-state index contributed by atoms with van der Waals surface area (Å²) in [6.07, 6.45) is 17.4. The van der Waals surface area contributed by atoms with Crippen molar-refractivity contribution in [1.29, 1.82) is 0 Å². The fourth-order valence-corrected chi connectivity index (χ4v) is 2.66. The van der Waals surface area contributed by atoms with Gasteiger partial charge in [0.05, 0.1) is 0 Å². The van der Waals surface area contributed by atoms with E-state index in [4.69, 9.17) is 16.9 Å². The lowest BCUT2D eigenvalue weighted by Gasteiger charge is -2.02. The van der Waals surface area contributed by atoms with Crippen molar-refractivity contribution in [1.82, 2.24) is 0 Å². The van der Waals surface area contributed by atoms with E-state index in [1.165, 1.54) is 44.9 Å². The second kappa shape index (κ2) is 11.3. The Morgan fingerprint density at radius 1 is 0.864 bits per heavy atom. The van der Waals surface area contributed by atoms with Gasteiger partial charge in [-0.15, -0.1) is 12.3 Å². The molecule has 0 aromatic rings. The van der Waals surface area contributed by atoms with E-state index >= 15 is 0 Å². The number of terminal acetylenes is 1. The standard InChI is InChI=1S/C18H29NO3/c1-2-3-4-5-6-7-8-9-10-11-12-13-14-15(20)16-17(22-16)18(19)21/h1,16-17H,3-14H2,(H2,19,21)/t16-,17-/m1/s1. The molecule has 1 aliphatic rings. The quantitative estimate of drug-likeness (QED) is 0.304. The molecule has 0 radical (unpaired) electrons. The molecule has 4 heteroatoms. The summed E-state index contributed by atoms with van der Waals surface area (Å²) in [7, 11) is 0. The van der Waals surface area contributed by atoms with Crippen LogP contribution in [0.25, 0.3) is 0 Å². The van der Waals surface area contributed by atoms with E-state index in [0.29, 0.717) is 6.42 Å². The third-order valence-corrected chi connectivity index (χ3v) is 4.08. The predicted molar refractivity (Wildman–Crippen MR) is 87.1 cm³/mol. The third-order valence-electron chi connectivity index (χ3n) is 4.08. The van der Waals surface area contributed by atoms with Gasteiger partial charge in [-0.05, 0) is 12.8 Å². The van der Waals surface area contributed by atoms with Crippen LogP contribution in [0.3, 0.4) is 0 Å². The Morgan fingerprint density at radius 2 is 1.36 bits per heavy atom. The molecule has 0 aromatic heterocycles. The van der Waals surface area contributed by atoms with Crippen molar-refractivity contribution in [2.24, 2.45) is 5.73 Å². The molecule has 0 aliphatic carbocycles. The molecule has 1 amide bonds. The smallest absolute Gasteiger partial charge is 0.249 e. The van der Waals surface area contributed by atoms with Crippen LogP contribution in [-0.4, -0.2) is 23.9 Å². The zero-order valence-corrected chi connectivity index (χ0v) is 13.5. The Hall–Kier alpha value is -1.34. The first-order valence-electron chi connectivity index (χ1n) is 8.57. The fraction of sp³-hybridized carbons (Fsp3) is 0.778. The highest BCUT2D eigenvalue weighted by molar-refractivity contribution is 5.95. The van der Waals surface area contributed by atoms with Gasteiger partial charge in [0.25, 0.3) is 0 Å². The summed E-state index contributed by atoms with van der Waals surface area (Å²) in [5, 5.41) is 0. The van der Waals surface area contributed by atoms with E-state index < -0.39 is 18.1 Å². The summed E-state index contributed by atoms with van der Waals surface area (Å²) in [6.45, 7) is 0. The van der Waals surface area contributed by atoms with Gasteiger partial charge >= 0.3 is 0 Å². The van der Waals surface area contributed by atoms with Crippen LogP contribution < -0.4 is 5.73 Å². The molecule has 1 fully saturated rings. The summed E-state index contributed by atoms with van der Waals surface area (Å²) < 4.78 is 4.96. The van der Waals surface area contributed by atoms with Crippen LogP contribution in [0, 0.1) is 12.3 Å². The van der Waals surface area contributed by atoms with Crippen LogP contribution in [-0.2, 0) is 14.3 Å². The molecular weight excluding hydrogens is 278 g/mol. The molecule has 0 unspecified atom stereocenters. The molecule has 1 heterocycles. The first kappa shape index (κ1) is 18.7. The average molecular weight is 307 g/mol. The highest BCUT2D eigenvalue weighted by Crippen LogP contribution is 2.24. The number of carbonyl (C=O) groups excluding carboxylic acids is 2. The Labute approximate surface area is 134 Å². The lowest BCUT2D eigenvalue weighted by atomic mass is 10.0. The van der Waals surface area contributed by atoms with E-state index in [2.05, 4.69) is 5.92 Å². The molecule has 0 bridgehead atoms. The van der Waals surface area contributed by atoms with Gasteiger partial charge < -0.3 is 10.5 Å². The van der Waals surface area contributed by atoms with E-state index in [-0.39, 0.29) is 5.78 Å². The minimum absolute atomic E-state index is 0.0239. The van der Waals surface area contributed by atoms with E-state index in [1.54, 1.807) is 0 Å². The van der Waals surface area contributed by atoms with Gasteiger partial charge in [-0.3, -0.25) is 9.59 Å². The second-order valence-corrected chi connectivity index (χ2v) is 6.09. The van der Waals surface area contributed by atoms with Crippen molar-refractivity contribution in [3.63, 3.8) is 0 Å². The topological polar surface area (TPSA) is 72.7 Å². The zero-order valence-electron chi connectivity index (χ0n) is 13.5. The number of hydrogen-bond donors (Lipinski definition) is 1. The van der Waals surface area contributed by atoms with Crippen LogP contribution in [0.1, 0.15) is 77.0 Å². The van der Waals surface area contributed by atoms with Gasteiger partial charge in [0.2, 0.25) is 5.91 Å². The average Bonchev–Trinajstić information content (AvgIpc) is 3.29.